The van der Waals surface area contributed by atoms with Gasteiger partial charge >= 0.3 is 6.03 Å². The number of amides is 3. The van der Waals surface area contributed by atoms with Crippen LogP contribution in [0, 0.1) is 6.92 Å². The molecule has 0 unspecified atom stereocenters. The van der Waals surface area contributed by atoms with Crippen LogP contribution in [0.15, 0.2) is 28.7 Å². The van der Waals surface area contributed by atoms with Gasteiger partial charge in [0.2, 0.25) is 0 Å². The summed E-state index contributed by atoms with van der Waals surface area (Å²) >= 11 is 6.09. The quantitative estimate of drug-likeness (QED) is 0.865. The Labute approximate surface area is 163 Å². The van der Waals surface area contributed by atoms with E-state index in [9.17, 15) is 9.59 Å². The zero-order valence-electron chi connectivity index (χ0n) is 15.7. The predicted molar refractivity (Wildman–Crippen MR) is 103 cm³/mol. The third-order valence-electron chi connectivity index (χ3n) is 4.67. The lowest BCUT2D eigenvalue weighted by molar-refractivity contribution is 0.0821. The molecule has 0 spiro atoms. The first-order chi connectivity index (χ1) is 12.9. The van der Waals surface area contributed by atoms with E-state index in [-0.39, 0.29) is 17.9 Å². The number of urea groups is 1. The number of hydrogen-bond donors (Lipinski definition) is 1. The van der Waals surface area contributed by atoms with Gasteiger partial charge in [-0.2, -0.15) is 0 Å². The Morgan fingerprint density at radius 1 is 1.26 bits per heavy atom. The zero-order valence-corrected chi connectivity index (χ0v) is 16.4. The average molecular weight is 391 g/mol. The summed E-state index contributed by atoms with van der Waals surface area (Å²) < 4.78 is 5.74. The topological polar surface area (TPSA) is 78.7 Å². The first-order valence-corrected chi connectivity index (χ1v) is 9.24. The first kappa shape index (κ1) is 19.2. The van der Waals surface area contributed by atoms with Crippen LogP contribution in [0.25, 0.3) is 0 Å². The number of carbonyl (C=O) groups excluding carboxylic acids is 2. The summed E-state index contributed by atoms with van der Waals surface area (Å²) in [6.07, 6.45) is 1.46. The van der Waals surface area contributed by atoms with Crippen molar-refractivity contribution in [2.24, 2.45) is 0 Å². The summed E-state index contributed by atoms with van der Waals surface area (Å²) in [5.41, 5.74) is 0.954. The molecule has 27 heavy (non-hydrogen) atoms. The molecule has 1 aromatic heterocycles. The number of aryl methyl sites for hydroxylation is 1. The lowest BCUT2D eigenvalue weighted by atomic mass is 9.97. The first-order valence-electron chi connectivity index (χ1n) is 8.86. The van der Waals surface area contributed by atoms with Crippen molar-refractivity contribution in [3.63, 3.8) is 0 Å². The number of aromatic nitrogens is 1. The molecule has 0 saturated carbocycles. The summed E-state index contributed by atoms with van der Waals surface area (Å²) in [7, 11) is 3.37. The third kappa shape index (κ3) is 4.24. The monoisotopic (exact) mass is 390 g/mol. The van der Waals surface area contributed by atoms with E-state index in [0.29, 0.717) is 41.1 Å². The van der Waals surface area contributed by atoms with Gasteiger partial charge in [0.05, 0.1) is 10.7 Å². The van der Waals surface area contributed by atoms with Crippen LogP contribution in [-0.4, -0.2) is 53.9 Å². The maximum Gasteiger partial charge on any atom is 0.321 e. The number of halogens is 1. The van der Waals surface area contributed by atoms with Crippen LogP contribution in [-0.2, 0) is 0 Å². The minimum Gasteiger partial charge on any atom is -0.445 e. The van der Waals surface area contributed by atoms with E-state index in [1.165, 1.54) is 4.90 Å². The Morgan fingerprint density at radius 2 is 1.93 bits per heavy atom. The second-order valence-electron chi connectivity index (χ2n) is 6.83. The number of piperidine rings is 1. The number of likely N-dealkylation sites (tertiary alicyclic amines) is 1. The van der Waals surface area contributed by atoms with Gasteiger partial charge < -0.3 is 19.5 Å². The highest BCUT2D eigenvalue weighted by molar-refractivity contribution is 6.33. The fourth-order valence-electron chi connectivity index (χ4n) is 3.09. The summed E-state index contributed by atoms with van der Waals surface area (Å²) in [6.45, 7) is 2.91. The Morgan fingerprint density at radius 3 is 2.56 bits per heavy atom. The number of nitrogens with zero attached hydrogens (tertiary/aromatic N) is 3. The van der Waals surface area contributed by atoms with Gasteiger partial charge in [-0.1, -0.05) is 23.7 Å². The molecule has 3 amide bonds. The molecule has 144 valence electrons. The standard InChI is InChI=1S/C19H23ClN4O3/c1-12-16(18(25)23(2)3)22-17(27-12)13-8-10-24(11-9-13)19(26)21-15-7-5-4-6-14(15)20/h4-7,13H,8-11H2,1-3H3,(H,21,26). The van der Waals surface area contributed by atoms with Crippen LogP contribution >= 0.6 is 11.6 Å². The zero-order chi connectivity index (χ0) is 19.6. The van der Waals surface area contributed by atoms with Gasteiger partial charge in [-0.05, 0) is 31.9 Å². The predicted octanol–water partition coefficient (Wildman–Crippen LogP) is 3.75. The highest BCUT2D eigenvalue weighted by atomic mass is 35.5. The van der Waals surface area contributed by atoms with Crippen LogP contribution < -0.4 is 5.32 Å². The van der Waals surface area contributed by atoms with Crippen molar-refractivity contribution in [1.82, 2.24) is 14.8 Å². The molecule has 0 radical (unpaired) electrons. The Balaban J connectivity index is 1.60. The van der Waals surface area contributed by atoms with Crippen LogP contribution in [0.3, 0.4) is 0 Å². The lowest BCUT2D eigenvalue weighted by Crippen LogP contribution is -2.40. The van der Waals surface area contributed by atoms with Crippen molar-refractivity contribution in [3.05, 3.63) is 46.6 Å². The molecule has 0 bridgehead atoms. The molecule has 7 nitrogen and oxygen atoms in total. The van der Waals surface area contributed by atoms with E-state index in [4.69, 9.17) is 16.0 Å². The SMILES string of the molecule is Cc1oc(C2CCN(C(=O)Nc3ccccc3Cl)CC2)nc1C(=O)N(C)C. The van der Waals surface area contributed by atoms with E-state index in [1.807, 2.05) is 12.1 Å². The Kier molecular flexibility index (Phi) is 5.70. The second-order valence-corrected chi connectivity index (χ2v) is 7.23. The summed E-state index contributed by atoms with van der Waals surface area (Å²) in [5, 5.41) is 3.35. The molecule has 1 N–H and O–H groups in total. The normalized spacial score (nSPS) is 14.9. The average Bonchev–Trinajstić information content (AvgIpc) is 3.04. The van der Waals surface area contributed by atoms with E-state index < -0.39 is 0 Å². The van der Waals surface area contributed by atoms with Crippen molar-refractivity contribution in [2.75, 3.05) is 32.5 Å². The fourth-order valence-corrected chi connectivity index (χ4v) is 3.27. The largest absolute Gasteiger partial charge is 0.445 e. The molecule has 1 saturated heterocycles. The number of anilines is 1. The van der Waals surface area contributed by atoms with Gasteiger partial charge in [0, 0.05) is 33.1 Å². The van der Waals surface area contributed by atoms with Gasteiger partial charge in [0.25, 0.3) is 5.91 Å². The lowest BCUT2D eigenvalue weighted by Gasteiger charge is -2.30. The van der Waals surface area contributed by atoms with Crippen LogP contribution in [0.1, 0.15) is 40.9 Å². The molecule has 0 atom stereocenters. The number of oxazole rings is 1. The number of rotatable bonds is 3. The number of carbonyl (C=O) groups is 2. The second kappa shape index (κ2) is 8.00. The molecule has 0 aliphatic carbocycles. The molecule has 3 rings (SSSR count). The number of para-hydroxylation sites is 1. The van der Waals surface area contributed by atoms with Crippen molar-refractivity contribution < 1.29 is 14.0 Å². The van der Waals surface area contributed by atoms with Gasteiger partial charge in [-0.25, -0.2) is 9.78 Å². The smallest absolute Gasteiger partial charge is 0.321 e. The number of nitrogens with one attached hydrogen (secondary N) is 1. The highest BCUT2D eigenvalue weighted by Gasteiger charge is 2.29. The summed E-state index contributed by atoms with van der Waals surface area (Å²) in [4.78, 5) is 32.2. The molecular weight excluding hydrogens is 368 g/mol. The Bertz CT molecular complexity index is 841. The maximum atomic E-state index is 12.5. The maximum absolute atomic E-state index is 12.5. The third-order valence-corrected chi connectivity index (χ3v) is 5.00. The molecule has 1 aliphatic heterocycles. The molecule has 2 aromatic rings. The van der Waals surface area contributed by atoms with Gasteiger partial charge in [0.15, 0.2) is 11.6 Å². The van der Waals surface area contributed by atoms with Crippen molar-refractivity contribution in [3.8, 4) is 0 Å². The minimum absolute atomic E-state index is 0.0942. The van der Waals surface area contributed by atoms with E-state index in [1.54, 1.807) is 38.1 Å². The molecule has 1 aromatic carbocycles. The van der Waals surface area contributed by atoms with Crippen LogP contribution in [0.5, 0.6) is 0 Å². The minimum atomic E-state index is -0.173. The van der Waals surface area contributed by atoms with Crippen molar-refractivity contribution in [1.29, 1.82) is 0 Å². The van der Waals surface area contributed by atoms with Crippen LogP contribution in [0.4, 0.5) is 10.5 Å². The van der Waals surface area contributed by atoms with Gasteiger partial charge in [-0.15, -0.1) is 0 Å². The van der Waals surface area contributed by atoms with Gasteiger partial charge in [-0.3, -0.25) is 4.79 Å². The van der Waals surface area contributed by atoms with Crippen molar-refractivity contribution in [2.45, 2.75) is 25.7 Å². The highest BCUT2D eigenvalue weighted by Crippen LogP contribution is 2.30. The van der Waals surface area contributed by atoms with E-state index in [0.717, 1.165) is 12.8 Å². The van der Waals surface area contributed by atoms with E-state index >= 15 is 0 Å². The van der Waals surface area contributed by atoms with E-state index in [2.05, 4.69) is 10.3 Å². The van der Waals surface area contributed by atoms with Crippen LogP contribution in [0.2, 0.25) is 5.02 Å². The van der Waals surface area contributed by atoms with Gasteiger partial charge in [0.1, 0.15) is 5.76 Å². The summed E-state index contributed by atoms with van der Waals surface area (Å²) in [6, 6.07) is 6.98. The molecule has 2 heterocycles. The Hall–Kier alpha value is -2.54. The van der Waals surface area contributed by atoms with Crippen molar-refractivity contribution >= 4 is 29.2 Å². The summed E-state index contributed by atoms with van der Waals surface area (Å²) in [5.74, 6) is 1.03. The molecule has 1 fully saturated rings. The fraction of sp³-hybridized carbons (Fsp3) is 0.421. The number of hydrogen-bond acceptors (Lipinski definition) is 4. The molecule has 1 aliphatic rings. The number of benzene rings is 1. The molecular formula is C19H23ClN4O3. The molecule has 8 heteroatoms.